The van der Waals surface area contributed by atoms with Gasteiger partial charge in [-0.2, -0.15) is 0 Å². The Hall–Kier alpha value is -3.15. The number of halogens is 1. The summed E-state index contributed by atoms with van der Waals surface area (Å²) in [6.45, 7) is 0.484. The number of carbonyl (C=O) groups is 2. The molecule has 6 heteroatoms. The summed E-state index contributed by atoms with van der Waals surface area (Å²) in [6.07, 6.45) is 2.70. The molecule has 138 valence electrons. The Morgan fingerprint density at radius 1 is 1.15 bits per heavy atom. The highest BCUT2D eigenvalue weighted by atomic mass is 19.1. The second-order valence-electron chi connectivity index (χ2n) is 6.74. The molecule has 0 spiro atoms. The summed E-state index contributed by atoms with van der Waals surface area (Å²) in [7, 11) is 0. The van der Waals surface area contributed by atoms with Crippen LogP contribution in [0.2, 0.25) is 0 Å². The van der Waals surface area contributed by atoms with Crippen LogP contribution in [-0.4, -0.2) is 27.7 Å². The number of hydrogen-bond donors (Lipinski definition) is 2. The van der Waals surface area contributed by atoms with Crippen molar-refractivity contribution < 1.29 is 14.0 Å². The number of likely N-dealkylation sites (tertiary alicyclic amines) is 1. The van der Waals surface area contributed by atoms with E-state index in [2.05, 4.69) is 10.3 Å². The van der Waals surface area contributed by atoms with E-state index in [4.69, 9.17) is 0 Å². The smallest absolute Gasteiger partial charge is 0.243 e. The number of para-hydroxylation sites is 1. The molecule has 1 atom stereocenters. The van der Waals surface area contributed by atoms with Gasteiger partial charge in [-0.15, -0.1) is 0 Å². The van der Waals surface area contributed by atoms with Crippen LogP contribution in [0.3, 0.4) is 0 Å². The molecule has 0 bridgehead atoms. The molecular formula is C21H20FN3O2. The molecule has 1 aromatic heterocycles. The van der Waals surface area contributed by atoms with Crippen LogP contribution in [0.15, 0.2) is 54.7 Å². The molecule has 1 aliphatic heterocycles. The molecule has 1 unspecified atom stereocenters. The average molecular weight is 365 g/mol. The Morgan fingerprint density at radius 3 is 2.78 bits per heavy atom. The third-order valence-electron chi connectivity index (χ3n) is 5.06. The third kappa shape index (κ3) is 3.43. The van der Waals surface area contributed by atoms with Crippen LogP contribution >= 0.6 is 0 Å². The lowest BCUT2D eigenvalue weighted by Crippen LogP contribution is -2.44. The lowest BCUT2D eigenvalue weighted by atomic mass is 10.1. The van der Waals surface area contributed by atoms with E-state index in [9.17, 15) is 14.0 Å². The first-order chi connectivity index (χ1) is 13.1. The molecule has 2 aromatic carbocycles. The molecule has 2 amide bonds. The standard InChI is InChI=1S/C21H20FN3O2/c22-17-7-3-1-5-14(17)11-24-21(27)19-9-10-20(26)25(19)13-15-12-23-18-8-4-2-6-16(15)18/h1-8,12,19,23H,9-11,13H2,(H,24,27). The summed E-state index contributed by atoms with van der Waals surface area (Å²) in [5.41, 5.74) is 2.41. The summed E-state index contributed by atoms with van der Waals surface area (Å²) < 4.78 is 13.7. The number of aromatic amines is 1. The molecule has 5 nitrogen and oxygen atoms in total. The predicted octanol–water partition coefficient (Wildman–Crippen LogP) is 3.11. The van der Waals surface area contributed by atoms with E-state index < -0.39 is 6.04 Å². The molecule has 0 saturated carbocycles. The molecule has 27 heavy (non-hydrogen) atoms. The molecular weight excluding hydrogens is 345 g/mol. The van der Waals surface area contributed by atoms with Crippen molar-refractivity contribution in [3.05, 3.63) is 71.7 Å². The van der Waals surface area contributed by atoms with Crippen LogP contribution in [-0.2, 0) is 22.7 Å². The van der Waals surface area contributed by atoms with Crippen molar-refractivity contribution in [3.63, 3.8) is 0 Å². The number of rotatable bonds is 5. The molecule has 2 heterocycles. The zero-order valence-corrected chi connectivity index (χ0v) is 14.7. The summed E-state index contributed by atoms with van der Waals surface area (Å²) in [6, 6.07) is 13.7. The Bertz CT molecular complexity index is 998. The topological polar surface area (TPSA) is 65.2 Å². The van der Waals surface area contributed by atoms with Gasteiger partial charge in [0.15, 0.2) is 0 Å². The van der Waals surface area contributed by atoms with Gasteiger partial charge in [0.1, 0.15) is 11.9 Å². The van der Waals surface area contributed by atoms with Crippen LogP contribution in [0.5, 0.6) is 0 Å². The molecule has 1 aliphatic rings. The van der Waals surface area contributed by atoms with Gasteiger partial charge in [0.25, 0.3) is 0 Å². The maximum atomic E-state index is 13.7. The monoisotopic (exact) mass is 365 g/mol. The van der Waals surface area contributed by atoms with Crippen molar-refractivity contribution >= 4 is 22.7 Å². The maximum absolute atomic E-state index is 13.7. The summed E-state index contributed by atoms with van der Waals surface area (Å²) in [5.74, 6) is -0.633. The number of nitrogens with zero attached hydrogens (tertiary/aromatic N) is 1. The maximum Gasteiger partial charge on any atom is 0.243 e. The van der Waals surface area contributed by atoms with Crippen LogP contribution in [0.4, 0.5) is 4.39 Å². The minimum Gasteiger partial charge on any atom is -0.361 e. The van der Waals surface area contributed by atoms with Gasteiger partial charge in [-0.25, -0.2) is 4.39 Å². The highest BCUT2D eigenvalue weighted by Crippen LogP contribution is 2.25. The fourth-order valence-corrected chi connectivity index (χ4v) is 3.59. The van der Waals surface area contributed by atoms with Gasteiger partial charge >= 0.3 is 0 Å². The Balaban J connectivity index is 1.48. The van der Waals surface area contributed by atoms with E-state index in [1.54, 1.807) is 23.1 Å². The zero-order chi connectivity index (χ0) is 18.8. The van der Waals surface area contributed by atoms with Gasteiger partial charge < -0.3 is 15.2 Å². The number of benzene rings is 2. The number of nitrogens with one attached hydrogen (secondary N) is 2. The van der Waals surface area contributed by atoms with Crippen molar-refractivity contribution in [1.82, 2.24) is 15.2 Å². The number of aromatic nitrogens is 1. The number of H-pyrrole nitrogens is 1. The largest absolute Gasteiger partial charge is 0.361 e. The summed E-state index contributed by atoms with van der Waals surface area (Å²) >= 11 is 0. The van der Waals surface area contributed by atoms with Gasteiger partial charge in [-0.3, -0.25) is 9.59 Å². The Morgan fingerprint density at radius 2 is 1.93 bits per heavy atom. The number of carbonyl (C=O) groups excluding carboxylic acids is 2. The molecule has 4 rings (SSSR count). The van der Waals surface area contributed by atoms with Crippen LogP contribution in [0, 0.1) is 5.82 Å². The number of fused-ring (bicyclic) bond motifs is 1. The van der Waals surface area contributed by atoms with Crippen LogP contribution in [0.25, 0.3) is 10.9 Å². The van der Waals surface area contributed by atoms with E-state index in [0.29, 0.717) is 24.9 Å². The van der Waals surface area contributed by atoms with E-state index in [0.717, 1.165) is 16.5 Å². The van der Waals surface area contributed by atoms with E-state index in [1.165, 1.54) is 6.07 Å². The zero-order valence-electron chi connectivity index (χ0n) is 14.7. The van der Waals surface area contributed by atoms with E-state index in [1.807, 2.05) is 30.5 Å². The molecule has 0 radical (unpaired) electrons. The molecule has 2 N–H and O–H groups in total. The van der Waals surface area contributed by atoms with Crippen molar-refractivity contribution in [2.24, 2.45) is 0 Å². The van der Waals surface area contributed by atoms with Crippen LogP contribution < -0.4 is 5.32 Å². The SMILES string of the molecule is O=C(NCc1ccccc1F)C1CCC(=O)N1Cc1c[nH]c2ccccc12. The first-order valence-electron chi connectivity index (χ1n) is 8.99. The predicted molar refractivity (Wildman–Crippen MR) is 100 cm³/mol. The molecule has 1 fully saturated rings. The Kier molecular flexibility index (Phi) is 4.62. The van der Waals surface area contributed by atoms with Gasteiger partial charge in [-0.1, -0.05) is 36.4 Å². The first-order valence-corrected chi connectivity index (χ1v) is 8.99. The summed E-state index contributed by atoms with van der Waals surface area (Å²) in [5, 5.41) is 3.81. The highest BCUT2D eigenvalue weighted by molar-refractivity contribution is 5.91. The van der Waals surface area contributed by atoms with Gasteiger partial charge in [0.05, 0.1) is 0 Å². The highest BCUT2D eigenvalue weighted by Gasteiger charge is 2.36. The average Bonchev–Trinajstić information content (AvgIpc) is 3.25. The van der Waals surface area contributed by atoms with Gasteiger partial charge in [-0.05, 0) is 24.1 Å². The molecule has 3 aromatic rings. The lowest BCUT2D eigenvalue weighted by molar-refractivity contribution is -0.135. The summed E-state index contributed by atoms with van der Waals surface area (Å²) in [4.78, 5) is 29.8. The quantitative estimate of drug-likeness (QED) is 0.730. The third-order valence-corrected chi connectivity index (χ3v) is 5.06. The molecule has 1 saturated heterocycles. The fraction of sp³-hybridized carbons (Fsp3) is 0.238. The Labute approximate surface area is 156 Å². The van der Waals surface area contributed by atoms with Gasteiger partial charge in [0, 0.05) is 42.2 Å². The van der Waals surface area contributed by atoms with Crippen molar-refractivity contribution in [3.8, 4) is 0 Å². The fourth-order valence-electron chi connectivity index (χ4n) is 3.59. The minimum absolute atomic E-state index is 0.0358. The second-order valence-corrected chi connectivity index (χ2v) is 6.74. The second kappa shape index (κ2) is 7.23. The van der Waals surface area contributed by atoms with Crippen molar-refractivity contribution in [1.29, 1.82) is 0 Å². The number of amides is 2. The van der Waals surface area contributed by atoms with Crippen molar-refractivity contribution in [2.75, 3.05) is 0 Å². The van der Waals surface area contributed by atoms with Gasteiger partial charge in [0.2, 0.25) is 11.8 Å². The minimum atomic E-state index is -0.530. The van der Waals surface area contributed by atoms with E-state index >= 15 is 0 Å². The van der Waals surface area contributed by atoms with Crippen LogP contribution in [0.1, 0.15) is 24.0 Å². The van der Waals surface area contributed by atoms with E-state index in [-0.39, 0.29) is 24.2 Å². The first kappa shape index (κ1) is 17.3. The number of hydrogen-bond acceptors (Lipinski definition) is 2. The lowest BCUT2D eigenvalue weighted by Gasteiger charge is -2.24. The van der Waals surface area contributed by atoms with Crippen molar-refractivity contribution in [2.45, 2.75) is 32.0 Å². The normalized spacial score (nSPS) is 16.9. The molecule has 0 aliphatic carbocycles.